The molecule has 1 aliphatic rings. The normalized spacial score (nSPS) is 18.3. The molecule has 174 valence electrons. The van der Waals surface area contributed by atoms with Crippen LogP contribution in [0.3, 0.4) is 0 Å². The number of hydrogen-bond acceptors (Lipinski definition) is 5. The van der Waals surface area contributed by atoms with Crippen LogP contribution in [0.1, 0.15) is 66.2 Å². The van der Waals surface area contributed by atoms with Crippen molar-refractivity contribution in [2.45, 2.75) is 97.9 Å². The van der Waals surface area contributed by atoms with Crippen molar-refractivity contribution < 1.29 is 13.3 Å². The second kappa shape index (κ2) is 14.3. The van der Waals surface area contributed by atoms with Gasteiger partial charge >= 0.3 is 8.80 Å². The van der Waals surface area contributed by atoms with E-state index in [9.17, 15) is 0 Å². The van der Waals surface area contributed by atoms with E-state index in [0.29, 0.717) is 6.04 Å². The van der Waals surface area contributed by atoms with E-state index in [2.05, 4.69) is 56.8 Å². The van der Waals surface area contributed by atoms with Gasteiger partial charge in [0.15, 0.2) is 0 Å². The molecule has 1 rings (SSSR count). The molecule has 0 aliphatic carbocycles. The second-order valence-electron chi connectivity index (χ2n) is 9.52. The molecule has 0 bridgehead atoms. The lowest BCUT2D eigenvalue weighted by Crippen LogP contribution is -2.57. The van der Waals surface area contributed by atoms with Crippen molar-refractivity contribution >= 4 is 17.0 Å². The summed E-state index contributed by atoms with van der Waals surface area (Å²) in [4.78, 5) is 2.64. The molecule has 0 aromatic heterocycles. The molecule has 0 aromatic rings. The molecule has 1 aliphatic heterocycles. The molecule has 0 spiro atoms. The number of piperazine rings is 1. The first-order valence-corrected chi connectivity index (χ1v) is 17.6. The zero-order chi connectivity index (χ0) is 21.8. The van der Waals surface area contributed by atoms with Crippen LogP contribution in [-0.4, -0.2) is 78.5 Å². The van der Waals surface area contributed by atoms with Gasteiger partial charge in [0.25, 0.3) is 0 Å². The summed E-state index contributed by atoms with van der Waals surface area (Å²) in [5, 5.41) is 0. The summed E-state index contributed by atoms with van der Waals surface area (Å²) in [6, 6.07) is 1.49. The summed E-state index contributed by atoms with van der Waals surface area (Å²) in [6.45, 7) is 23.4. The molecule has 0 amide bonds. The summed E-state index contributed by atoms with van der Waals surface area (Å²) in [5.74, 6) is 0. The number of hydrogen-bond donors (Lipinski definition) is 0. The molecule has 5 nitrogen and oxygen atoms in total. The standard InChI is InChI=1S/C22H50N2O3Si2/c1-8-11-18-25-29(21-10-3,26-19-12-9-2)27-20-13-22(4)23-14-16-24(17-15-23)28(5,6)7/h22H,8-21H2,1-7H3. The van der Waals surface area contributed by atoms with Gasteiger partial charge in [-0.05, 0) is 26.2 Å². The molecular weight excluding hydrogens is 396 g/mol. The third-order valence-corrected chi connectivity index (χ3v) is 11.3. The Morgan fingerprint density at radius 1 is 0.759 bits per heavy atom. The summed E-state index contributed by atoms with van der Waals surface area (Å²) < 4.78 is 21.8. The highest BCUT2D eigenvalue weighted by Gasteiger charge is 2.40. The summed E-state index contributed by atoms with van der Waals surface area (Å²) in [7, 11) is -3.70. The Labute approximate surface area is 183 Å². The topological polar surface area (TPSA) is 34.2 Å². The molecule has 0 saturated carbocycles. The van der Waals surface area contributed by atoms with Crippen molar-refractivity contribution in [1.29, 1.82) is 0 Å². The van der Waals surface area contributed by atoms with E-state index in [1.165, 1.54) is 26.2 Å². The minimum atomic E-state index is -2.54. The van der Waals surface area contributed by atoms with Crippen molar-refractivity contribution in [3.63, 3.8) is 0 Å². The molecule has 0 radical (unpaired) electrons. The fourth-order valence-electron chi connectivity index (χ4n) is 3.79. The first-order valence-electron chi connectivity index (χ1n) is 12.2. The molecular formula is C22H50N2O3Si2. The molecule has 1 heterocycles. The molecule has 1 fully saturated rings. The molecule has 0 N–H and O–H groups in total. The second-order valence-corrected chi connectivity index (χ2v) is 17.2. The third kappa shape index (κ3) is 10.4. The first-order chi connectivity index (χ1) is 13.8. The van der Waals surface area contributed by atoms with E-state index in [4.69, 9.17) is 13.3 Å². The van der Waals surface area contributed by atoms with Gasteiger partial charge in [-0.15, -0.1) is 0 Å². The van der Waals surface area contributed by atoms with Crippen molar-refractivity contribution in [3.8, 4) is 0 Å². The van der Waals surface area contributed by atoms with E-state index >= 15 is 0 Å². The van der Waals surface area contributed by atoms with Crippen LogP contribution in [0.5, 0.6) is 0 Å². The van der Waals surface area contributed by atoms with E-state index in [-0.39, 0.29) is 0 Å². The van der Waals surface area contributed by atoms with Gasteiger partial charge in [0, 0.05) is 58.1 Å². The Bertz CT molecular complexity index is 403. The fourth-order valence-corrected chi connectivity index (χ4v) is 7.97. The quantitative estimate of drug-likeness (QED) is 0.240. The fraction of sp³-hybridized carbons (Fsp3) is 1.00. The summed E-state index contributed by atoms with van der Waals surface area (Å²) >= 11 is 0. The summed E-state index contributed by atoms with van der Waals surface area (Å²) in [5.41, 5.74) is 0. The zero-order valence-corrected chi connectivity index (χ0v) is 22.6. The lowest BCUT2D eigenvalue weighted by molar-refractivity contribution is 0.0470. The van der Waals surface area contributed by atoms with Gasteiger partial charge in [-0.3, -0.25) is 4.90 Å². The van der Waals surface area contributed by atoms with Crippen LogP contribution in [-0.2, 0) is 13.3 Å². The highest BCUT2D eigenvalue weighted by Crippen LogP contribution is 2.21. The zero-order valence-electron chi connectivity index (χ0n) is 20.6. The average molecular weight is 447 g/mol. The lowest BCUT2D eigenvalue weighted by atomic mass is 10.2. The number of nitrogens with zero attached hydrogens (tertiary/aromatic N) is 2. The Morgan fingerprint density at radius 2 is 1.28 bits per heavy atom. The maximum atomic E-state index is 6.46. The van der Waals surface area contributed by atoms with Crippen LogP contribution in [0.2, 0.25) is 25.7 Å². The van der Waals surface area contributed by atoms with Crippen LogP contribution in [0.4, 0.5) is 0 Å². The van der Waals surface area contributed by atoms with Crippen LogP contribution in [0.15, 0.2) is 0 Å². The minimum absolute atomic E-state index is 0.554. The molecule has 29 heavy (non-hydrogen) atoms. The van der Waals surface area contributed by atoms with Crippen molar-refractivity contribution in [2.24, 2.45) is 0 Å². The predicted octanol–water partition coefficient (Wildman–Crippen LogP) is 5.22. The Hall–Kier alpha value is 0.234. The van der Waals surface area contributed by atoms with Gasteiger partial charge in [-0.25, -0.2) is 0 Å². The predicted molar refractivity (Wildman–Crippen MR) is 129 cm³/mol. The average Bonchev–Trinajstić information content (AvgIpc) is 2.68. The van der Waals surface area contributed by atoms with Gasteiger partial charge in [0.1, 0.15) is 8.24 Å². The van der Waals surface area contributed by atoms with E-state index in [1.54, 1.807) is 0 Å². The summed E-state index contributed by atoms with van der Waals surface area (Å²) in [6.07, 6.45) is 6.56. The monoisotopic (exact) mass is 446 g/mol. The van der Waals surface area contributed by atoms with Gasteiger partial charge < -0.3 is 17.8 Å². The van der Waals surface area contributed by atoms with Gasteiger partial charge in [-0.2, -0.15) is 0 Å². The highest BCUT2D eigenvalue weighted by molar-refractivity contribution is 6.73. The molecule has 0 aromatic carbocycles. The van der Waals surface area contributed by atoms with E-state index in [1.807, 2.05) is 0 Å². The number of unbranched alkanes of at least 4 members (excludes halogenated alkanes) is 2. The SMILES string of the molecule is CCCCO[Si](CCC)(OCCCC)OCCC(C)N1CCN([Si](C)(C)C)CC1. The molecule has 1 atom stereocenters. The van der Waals surface area contributed by atoms with E-state index in [0.717, 1.165) is 64.4 Å². The molecule has 7 heteroatoms. The number of rotatable bonds is 16. The van der Waals surface area contributed by atoms with Gasteiger partial charge in [0.2, 0.25) is 0 Å². The molecule has 1 saturated heterocycles. The van der Waals surface area contributed by atoms with Crippen molar-refractivity contribution in [2.75, 3.05) is 46.0 Å². The largest absolute Gasteiger partial charge is 0.500 e. The van der Waals surface area contributed by atoms with Crippen molar-refractivity contribution in [3.05, 3.63) is 0 Å². The van der Waals surface area contributed by atoms with Gasteiger partial charge in [0.05, 0.1) is 0 Å². The maximum Gasteiger partial charge on any atom is 0.500 e. The first kappa shape index (κ1) is 27.3. The van der Waals surface area contributed by atoms with Gasteiger partial charge in [-0.1, -0.05) is 59.7 Å². The van der Waals surface area contributed by atoms with Crippen LogP contribution in [0.25, 0.3) is 0 Å². The van der Waals surface area contributed by atoms with Crippen molar-refractivity contribution in [1.82, 2.24) is 9.47 Å². The van der Waals surface area contributed by atoms with Crippen LogP contribution in [0, 0.1) is 0 Å². The van der Waals surface area contributed by atoms with Crippen LogP contribution >= 0.6 is 0 Å². The third-order valence-electron chi connectivity index (χ3n) is 5.94. The lowest BCUT2D eigenvalue weighted by Gasteiger charge is -2.43. The smallest absolute Gasteiger partial charge is 0.373 e. The minimum Gasteiger partial charge on any atom is -0.373 e. The van der Waals surface area contributed by atoms with Crippen LogP contribution < -0.4 is 0 Å². The molecule has 1 unspecified atom stereocenters. The maximum absolute atomic E-state index is 6.46. The Kier molecular flexibility index (Phi) is 13.5. The Balaban J connectivity index is 2.52. The Morgan fingerprint density at radius 3 is 1.72 bits per heavy atom. The highest BCUT2D eigenvalue weighted by atomic mass is 28.4. The van der Waals surface area contributed by atoms with E-state index < -0.39 is 17.0 Å².